The number of hydrogen-bond acceptors (Lipinski definition) is 3. The zero-order chi connectivity index (χ0) is 18.7. The Labute approximate surface area is 170 Å². The Kier molecular flexibility index (Phi) is 5.78. The second-order valence-corrected chi connectivity index (χ2v) is 7.30. The third-order valence-corrected chi connectivity index (χ3v) is 4.88. The molecule has 1 amide bonds. The lowest BCUT2D eigenvalue weighted by molar-refractivity contribution is -0.122. The first-order valence-corrected chi connectivity index (χ1v) is 9.48. The summed E-state index contributed by atoms with van der Waals surface area (Å²) in [4.78, 5) is 18.7. The maximum atomic E-state index is 12.6. The number of phenols is 1. The van der Waals surface area contributed by atoms with E-state index in [2.05, 4.69) is 27.6 Å². The van der Waals surface area contributed by atoms with Crippen LogP contribution in [0.5, 0.6) is 5.75 Å². The van der Waals surface area contributed by atoms with Crippen LogP contribution in [0.3, 0.4) is 0 Å². The summed E-state index contributed by atoms with van der Waals surface area (Å²) in [5.74, 6) is 0.456. The SMILES string of the molecule is CCN1C(=O)/C(=C/c2ccc(O)c(Cl)c2)N=C1/C=C/c1ccc(I)cc1. The topological polar surface area (TPSA) is 52.9 Å². The molecular weight excluding hydrogens is 463 g/mol. The lowest BCUT2D eigenvalue weighted by atomic mass is 10.2. The number of carbonyl (C=O) groups excluding carboxylic acids is 1. The average Bonchev–Trinajstić information content (AvgIpc) is 2.92. The first-order valence-electron chi connectivity index (χ1n) is 8.02. The molecule has 0 saturated heterocycles. The van der Waals surface area contributed by atoms with Crippen molar-refractivity contribution in [2.75, 3.05) is 6.54 Å². The fourth-order valence-electron chi connectivity index (χ4n) is 2.52. The van der Waals surface area contributed by atoms with Crippen LogP contribution in [0.1, 0.15) is 18.1 Å². The van der Waals surface area contributed by atoms with Gasteiger partial charge in [0.25, 0.3) is 5.91 Å². The fraction of sp³-hybridized carbons (Fsp3) is 0.100. The molecule has 1 N–H and O–H groups in total. The molecule has 0 fully saturated rings. The van der Waals surface area contributed by atoms with Crippen LogP contribution in [0, 0.1) is 3.57 Å². The number of carbonyl (C=O) groups is 1. The monoisotopic (exact) mass is 478 g/mol. The lowest BCUT2D eigenvalue weighted by Gasteiger charge is -2.12. The van der Waals surface area contributed by atoms with Gasteiger partial charge in [0.15, 0.2) is 0 Å². The van der Waals surface area contributed by atoms with E-state index in [1.54, 1.807) is 23.1 Å². The summed E-state index contributed by atoms with van der Waals surface area (Å²) in [6.45, 7) is 2.44. The number of amides is 1. The summed E-state index contributed by atoms with van der Waals surface area (Å²) in [6, 6.07) is 12.9. The highest BCUT2D eigenvalue weighted by atomic mass is 127. The second kappa shape index (κ2) is 8.05. The van der Waals surface area contributed by atoms with Crippen molar-refractivity contribution in [3.63, 3.8) is 0 Å². The zero-order valence-electron chi connectivity index (χ0n) is 14.0. The number of aliphatic imine (C=N–C) groups is 1. The van der Waals surface area contributed by atoms with Gasteiger partial charge in [-0.25, -0.2) is 4.99 Å². The molecule has 4 nitrogen and oxygen atoms in total. The highest BCUT2D eigenvalue weighted by Gasteiger charge is 2.27. The van der Waals surface area contributed by atoms with E-state index in [0.717, 1.165) is 5.56 Å². The van der Waals surface area contributed by atoms with Crippen molar-refractivity contribution in [2.24, 2.45) is 4.99 Å². The van der Waals surface area contributed by atoms with E-state index in [4.69, 9.17) is 11.6 Å². The quantitative estimate of drug-likeness (QED) is 0.499. The van der Waals surface area contributed by atoms with Crippen molar-refractivity contribution in [2.45, 2.75) is 6.92 Å². The van der Waals surface area contributed by atoms with Crippen LogP contribution in [0.25, 0.3) is 12.2 Å². The van der Waals surface area contributed by atoms with Gasteiger partial charge in [-0.2, -0.15) is 0 Å². The van der Waals surface area contributed by atoms with Crippen molar-refractivity contribution >= 4 is 58.1 Å². The Bertz CT molecular complexity index is 933. The van der Waals surface area contributed by atoms with E-state index < -0.39 is 0 Å². The van der Waals surface area contributed by atoms with Crippen molar-refractivity contribution in [3.05, 3.63) is 74.0 Å². The number of hydrogen-bond donors (Lipinski definition) is 1. The van der Waals surface area contributed by atoms with Crippen LogP contribution in [0.15, 0.2) is 59.2 Å². The molecule has 2 aromatic rings. The fourth-order valence-corrected chi connectivity index (χ4v) is 3.06. The van der Waals surface area contributed by atoms with Gasteiger partial charge in [-0.3, -0.25) is 9.69 Å². The normalized spacial score (nSPS) is 16.0. The first kappa shape index (κ1) is 18.7. The molecule has 0 spiro atoms. The van der Waals surface area contributed by atoms with Gasteiger partial charge in [0.2, 0.25) is 0 Å². The molecule has 0 unspecified atom stereocenters. The van der Waals surface area contributed by atoms with Crippen LogP contribution in [-0.4, -0.2) is 28.3 Å². The molecule has 2 aromatic carbocycles. The van der Waals surface area contributed by atoms with Crippen LogP contribution in [0.4, 0.5) is 0 Å². The number of nitrogens with zero attached hydrogens (tertiary/aromatic N) is 2. The number of phenolic OH excluding ortho intramolecular Hbond substituents is 1. The molecule has 0 aliphatic carbocycles. The van der Waals surface area contributed by atoms with E-state index >= 15 is 0 Å². The molecule has 6 heteroatoms. The van der Waals surface area contributed by atoms with Crippen molar-refractivity contribution in [3.8, 4) is 5.75 Å². The minimum Gasteiger partial charge on any atom is -0.506 e. The van der Waals surface area contributed by atoms with E-state index in [1.807, 2.05) is 43.3 Å². The number of likely N-dealkylation sites (N-methyl/N-ethyl adjacent to an activating group) is 1. The Morgan fingerprint density at radius 2 is 1.85 bits per heavy atom. The molecule has 1 aliphatic heterocycles. The van der Waals surface area contributed by atoms with E-state index in [-0.39, 0.29) is 16.7 Å². The van der Waals surface area contributed by atoms with Gasteiger partial charge in [-0.1, -0.05) is 35.9 Å². The predicted octanol–water partition coefficient (Wildman–Crippen LogP) is 4.97. The van der Waals surface area contributed by atoms with Gasteiger partial charge in [-0.15, -0.1) is 0 Å². The summed E-state index contributed by atoms with van der Waals surface area (Å²) >= 11 is 8.19. The highest BCUT2D eigenvalue weighted by molar-refractivity contribution is 14.1. The average molecular weight is 479 g/mol. The zero-order valence-corrected chi connectivity index (χ0v) is 16.9. The third-order valence-electron chi connectivity index (χ3n) is 3.86. The van der Waals surface area contributed by atoms with Gasteiger partial charge in [0.1, 0.15) is 17.3 Å². The Morgan fingerprint density at radius 1 is 1.15 bits per heavy atom. The van der Waals surface area contributed by atoms with Gasteiger partial charge in [-0.05, 0) is 77.1 Å². The second-order valence-electron chi connectivity index (χ2n) is 5.64. The van der Waals surface area contributed by atoms with Crippen LogP contribution < -0.4 is 0 Å². The summed E-state index contributed by atoms with van der Waals surface area (Å²) in [5, 5.41) is 9.75. The number of aromatic hydroxyl groups is 1. The van der Waals surface area contributed by atoms with Crippen molar-refractivity contribution in [1.29, 1.82) is 0 Å². The standard InChI is InChI=1S/C20H16ClIN2O2/c1-2-24-19(10-6-13-3-7-15(22)8-4-13)23-17(20(24)26)12-14-5-9-18(25)16(21)11-14/h3-12,25H,2H2,1H3/b10-6+,17-12-. The molecule has 1 heterocycles. The summed E-state index contributed by atoms with van der Waals surface area (Å²) < 4.78 is 1.17. The Balaban J connectivity index is 1.90. The highest BCUT2D eigenvalue weighted by Crippen LogP contribution is 2.26. The first-order chi connectivity index (χ1) is 12.5. The van der Waals surface area contributed by atoms with Gasteiger partial charge < -0.3 is 5.11 Å². The maximum absolute atomic E-state index is 12.6. The number of benzene rings is 2. The van der Waals surface area contributed by atoms with E-state index in [9.17, 15) is 9.90 Å². The van der Waals surface area contributed by atoms with Gasteiger partial charge in [0.05, 0.1) is 5.02 Å². The van der Waals surface area contributed by atoms with Crippen LogP contribution >= 0.6 is 34.2 Å². The van der Waals surface area contributed by atoms with Crippen LogP contribution in [-0.2, 0) is 4.79 Å². The van der Waals surface area contributed by atoms with Crippen molar-refractivity contribution in [1.82, 2.24) is 4.90 Å². The Hall–Kier alpha value is -2.12. The molecule has 0 aromatic heterocycles. The third kappa shape index (κ3) is 4.16. The largest absolute Gasteiger partial charge is 0.506 e. The molecule has 0 atom stereocenters. The molecule has 1 aliphatic rings. The predicted molar refractivity (Wildman–Crippen MR) is 114 cm³/mol. The minimum absolute atomic E-state index is 0.00592. The maximum Gasteiger partial charge on any atom is 0.278 e. The Morgan fingerprint density at radius 3 is 2.50 bits per heavy atom. The number of halogens is 2. The molecule has 0 bridgehead atoms. The number of amidine groups is 1. The summed E-state index contributed by atoms with van der Waals surface area (Å²) in [7, 11) is 0. The molecule has 132 valence electrons. The molecule has 26 heavy (non-hydrogen) atoms. The summed E-state index contributed by atoms with van der Waals surface area (Å²) in [5.41, 5.74) is 2.09. The van der Waals surface area contributed by atoms with Crippen LogP contribution in [0.2, 0.25) is 5.02 Å². The van der Waals surface area contributed by atoms with Gasteiger partial charge >= 0.3 is 0 Å². The molecular formula is C20H16ClIN2O2. The smallest absolute Gasteiger partial charge is 0.278 e. The lowest BCUT2D eigenvalue weighted by Crippen LogP contribution is -2.30. The molecule has 0 saturated carbocycles. The van der Waals surface area contributed by atoms with E-state index in [0.29, 0.717) is 23.6 Å². The van der Waals surface area contributed by atoms with E-state index in [1.165, 1.54) is 9.64 Å². The summed E-state index contributed by atoms with van der Waals surface area (Å²) in [6.07, 6.45) is 5.45. The number of rotatable bonds is 4. The van der Waals surface area contributed by atoms with Crippen molar-refractivity contribution < 1.29 is 9.90 Å². The minimum atomic E-state index is -0.154. The molecule has 0 radical (unpaired) electrons. The molecule has 3 rings (SSSR count). The van der Waals surface area contributed by atoms with Gasteiger partial charge in [0, 0.05) is 10.1 Å².